The highest BCUT2D eigenvalue weighted by Gasteiger charge is 2.21. The lowest BCUT2D eigenvalue weighted by Crippen LogP contribution is -2.37. The second-order valence-corrected chi connectivity index (χ2v) is 4.66. The number of aldehydes is 1. The van der Waals surface area contributed by atoms with Gasteiger partial charge in [-0.25, -0.2) is 0 Å². The van der Waals surface area contributed by atoms with E-state index in [0.717, 1.165) is 25.1 Å². The topological polar surface area (TPSA) is 63.4 Å². The molecule has 2 rings (SSSR count). The molecular formula is C13H16N2O3. The van der Waals surface area contributed by atoms with Crippen LogP contribution in [0.3, 0.4) is 0 Å². The summed E-state index contributed by atoms with van der Waals surface area (Å²) in [6.07, 6.45) is 4.01. The van der Waals surface area contributed by atoms with Crippen molar-refractivity contribution < 1.29 is 9.72 Å². The predicted octanol–water partition coefficient (Wildman–Crippen LogP) is 2.79. The molecule has 5 nitrogen and oxygen atoms in total. The molecule has 1 unspecified atom stereocenters. The van der Waals surface area contributed by atoms with E-state index in [9.17, 15) is 14.9 Å². The number of benzene rings is 1. The highest BCUT2D eigenvalue weighted by atomic mass is 16.6. The fourth-order valence-corrected chi connectivity index (χ4v) is 2.46. The van der Waals surface area contributed by atoms with Crippen molar-refractivity contribution >= 4 is 17.7 Å². The highest BCUT2D eigenvalue weighted by Crippen LogP contribution is 2.28. The van der Waals surface area contributed by atoms with Crippen LogP contribution in [0.25, 0.3) is 0 Å². The molecule has 1 heterocycles. The average molecular weight is 248 g/mol. The Morgan fingerprint density at radius 3 is 2.83 bits per heavy atom. The Bertz CT molecular complexity index is 473. The van der Waals surface area contributed by atoms with E-state index in [1.807, 2.05) is 0 Å². The van der Waals surface area contributed by atoms with Crippen molar-refractivity contribution in [1.29, 1.82) is 0 Å². The number of hydrogen-bond acceptors (Lipinski definition) is 4. The fourth-order valence-electron chi connectivity index (χ4n) is 2.46. The normalized spacial score (nSPS) is 19.6. The van der Waals surface area contributed by atoms with E-state index in [0.29, 0.717) is 12.3 Å². The molecule has 18 heavy (non-hydrogen) atoms. The Hall–Kier alpha value is -1.91. The first-order valence-electron chi connectivity index (χ1n) is 6.13. The summed E-state index contributed by atoms with van der Waals surface area (Å²) >= 11 is 0. The van der Waals surface area contributed by atoms with Gasteiger partial charge in [-0.3, -0.25) is 14.9 Å². The molecule has 0 aliphatic carbocycles. The number of nitrogens with zero attached hydrogens (tertiary/aromatic N) is 2. The van der Waals surface area contributed by atoms with Crippen molar-refractivity contribution in [3.8, 4) is 0 Å². The molecule has 1 aromatic carbocycles. The fraction of sp³-hybridized carbons (Fsp3) is 0.462. The molecular weight excluding hydrogens is 232 g/mol. The van der Waals surface area contributed by atoms with Gasteiger partial charge in [-0.2, -0.15) is 0 Å². The molecule has 0 bridgehead atoms. The molecule has 1 saturated heterocycles. The Kier molecular flexibility index (Phi) is 3.60. The van der Waals surface area contributed by atoms with E-state index in [1.54, 1.807) is 12.1 Å². The number of nitro benzene ring substituents is 1. The molecule has 1 aliphatic heterocycles. The van der Waals surface area contributed by atoms with Crippen molar-refractivity contribution in [3.05, 3.63) is 33.9 Å². The average Bonchev–Trinajstić information content (AvgIpc) is 2.38. The van der Waals surface area contributed by atoms with Gasteiger partial charge in [0.15, 0.2) is 6.29 Å². The zero-order chi connectivity index (χ0) is 13.1. The van der Waals surface area contributed by atoms with Crippen molar-refractivity contribution in [3.63, 3.8) is 0 Å². The Morgan fingerprint density at radius 1 is 1.44 bits per heavy atom. The molecule has 1 aromatic rings. The molecule has 96 valence electrons. The molecule has 1 aliphatic rings. The summed E-state index contributed by atoms with van der Waals surface area (Å²) in [7, 11) is 0. The minimum Gasteiger partial charge on any atom is -0.369 e. The van der Waals surface area contributed by atoms with Gasteiger partial charge >= 0.3 is 0 Å². The third-order valence-corrected chi connectivity index (χ3v) is 3.47. The summed E-state index contributed by atoms with van der Waals surface area (Å²) in [5.74, 6) is 0. The van der Waals surface area contributed by atoms with E-state index in [1.165, 1.54) is 12.5 Å². The summed E-state index contributed by atoms with van der Waals surface area (Å²) in [5, 5.41) is 10.8. The van der Waals surface area contributed by atoms with Gasteiger partial charge in [0.05, 0.1) is 10.5 Å². The molecule has 1 atom stereocenters. The number of hydrogen-bond donors (Lipinski definition) is 0. The van der Waals surface area contributed by atoms with Gasteiger partial charge in [0, 0.05) is 24.3 Å². The molecule has 0 saturated carbocycles. The zero-order valence-corrected chi connectivity index (χ0v) is 10.3. The smallest absolute Gasteiger partial charge is 0.280 e. The van der Waals surface area contributed by atoms with E-state index >= 15 is 0 Å². The van der Waals surface area contributed by atoms with Gasteiger partial charge in [-0.15, -0.1) is 0 Å². The van der Waals surface area contributed by atoms with Gasteiger partial charge in [0.2, 0.25) is 0 Å². The van der Waals surface area contributed by atoms with Crippen molar-refractivity contribution in [2.45, 2.75) is 32.2 Å². The second kappa shape index (κ2) is 5.16. The Balaban J connectivity index is 2.34. The van der Waals surface area contributed by atoms with E-state index in [-0.39, 0.29) is 11.3 Å². The number of carbonyl (C=O) groups excluding carboxylic acids is 1. The standard InChI is InChI=1S/C13H16N2O3/c1-10-4-2-3-7-14(10)12-5-6-13(15(17)18)11(8-12)9-16/h5-6,8-10H,2-4,7H2,1H3. The monoisotopic (exact) mass is 248 g/mol. The molecule has 5 heteroatoms. The number of nitro groups is 1. The first kappa shape index (κ1) is 12.5. The largest absolute Gasteiger partial charge is 0.369 e. The summed E-state index contributed by atoms with van der Waals surface area (Å²) in [6.45, 7) is 3.08. The lowest BCUT2D eigenvalue weighted by molar-refractivity contribution is -0.385. The van der Waals surface area contributed by atoms with Gasteiger partial charge in [-0.05, 0) is 38.3 Å². The third-order valence-electron chi connectivity index (χ3n) is 3.47. The number of anilines is 1. The van der Waals surface area contributed by atoms with Crippen molar-refractivity contribution in [2.75, 3.05) is 11.4 Å². The van der Waals surface area contributed by atoms with Crippen molar-refractivity contribution in [1.82, 2.24) is 0 Å². The maximum Gasteiger partial charge on any atom is 0.280 e. The maximum atomic E-state index is 10.9. The molecule has 0 aromatic heterocycles. The first-order chi connectivity index (χ1) is 8.63. The summed E-state index contributed by atoms with van der Waals surface area (Å²) in [5.41, 5.74) is 0.920. The van der Waals surface area contributed by atoms with Crippen LogP contribution in [0.1, 0.15) is 36.5 Å². The van der Waals surface area contributed by atoms with Crippen LogP contribution in [0.5, 0.6) is 0 Å². The number of rotatable bonds is 3. The van der Waals surface area contributed by atoms with Crippen LogP contribution < -0.4 is 4.90 Å². The van der Waals surface area contributed by atoms with Gasteiger partial charge in [-0.1, -0.05) is 0 Å². The van der Waals surface area contributed by atoms with Gasteiger partial charge in [0.25, 0.3) is 5.69 Å². The van der Waals surface area contributed by atoms with E-state index in [2.05, 4.69) is 11.8 Å². The van der Waals surface area contributed by atoms with Crippen LogP contribution in [0.2, 0.25) is 0 Å². The highest BCUT2D eigenvalue weighted by molar-refractivity contribution is 5.83. The lowest BCUT2D eigenvalue weighted by Gasteiger charge is -2.35. The zero-order valence-electron chi connectivity index (χ0n) is 10.3. The quantitative estimate of drug-likeness (QED) is 0.468. The predicted molar refractivity (Wildman–Crippen MR) is 69.1 cm³/mol. The molecule has 0 spiro atoms. The van der Waals surface area contributed by atoms with Crippen LogP contribution in [-0.2, 0) is 0 Å². The molecule has 1 fully saturated rings. The second-order valence-electron chi connectivity index (χ2n) is 4.66. The van der Waals surface area contributed by atoms with E-state index in [4.69, 9.17) is 0 Å². The van der Waals surface area contributed by atoms with Crippen LogP contribution >= 0.6 is 0 Å². The summed E-state index contributed by atoms with van der Waals surface area (Å²) < 4.78 is 0. The Morgan fingerprint density at radius 2 is 2.22 bits per heavy atom. The Labute approximate surface area is 106 Å². The van der Waals surface area contributed by atoms with Crippen LogP contribution in [0.15, 0.2) is 18.2 Å². The third kappa shape index (κ3) is 2.34. The van der Waals surface area contributed by atoms with Crippen molar-refractivity contribution in [2.24, 2.45) is 0 Å². The van der Waals surface area contributed by atoms with Crippen LogP contribution in [0.4, 0.5) is 11.4 Å². The molecule has 0 radical (unpaired) electrons. The minimum atomic E-state index is -0.521. The van der Waals surface area contributed by atoms with Crippen LogP contribution in [0, 0.1) is 10.1 Å². The molecule has 0 amide bonds. The van der Waals surface area contributed by atoms with Crippen LogP contribution in [-0.4, -0.2) is 23.8 Å². The van der Waals surface area contributed by atoms with Gasteiger partial charge in [0.1, 0.15) is 0 Å². The minimum absolute atomic E-state index is 0.126. The molecule has 0 N–H and O–H groups in total. The summed E-state index contributed by atoms with van der Waals surface area (Å²) in [6, 6.07) is 5.18. The van der Waals surface area contributed by atoms with Gasteiger partial charge < -0.3 is 4.90 Å². The first-order valence-corrected chi connectivity index (χ1v) is 6.13. The SMILES string of the molecule is CC1CCCCN1c1ccc([N+](=O)[O-])c(C=O)c1. The number of carbonyl (C=O) groups is 1. The van der Waals surface area contributed by atoms with E-state index < -0.39 is 4.92 Å². The summed E-state index contributed by atoms with van der Waals surface area (Å²) in [4.78, 5) is 23.4. The lowest BCUT2D eigenvalue weighted by atomic mass is 10.0. The maximum absolute atomic E-state index is 10.9. The number of piperidine rings is 1.